The van der Waals surface area contributed by atoms with Crippen LogP contribution in [0.3, 0.4) is 0 Å². The standard InChI is InChI=1S/C17H18BrNO3/c18-14-5-3-6-15(12-14)22-11-10-19-17(21)9-8-13-4-1-2-7-16(13)20/h1-7,12,20H,8-11H2,(H,19,21). The minimum absolute atomic E-state index is 0.0545. The van der Waals surface area contributed by atoms with Crippen molar-refractivity contribution in [2.24, 2.45) is 0 Å². The topological polar surface area (TPSA) is 58.6 Å². The Bertz CT molecular complexity index is 631. The smallest absolute Gasteiger partial charge is 0.220 e. The van der Waals surface area contributed by atoms with Crippen molar-refractivity contribution in [2.45, 2.75) is 12.8 Å². The number of para-hydroxylation sites is 1. The van der Waals surface area contributed by atoms with Crippen LogP contribution in [0.25, 0.3) is 0 Å². The summed E-state index contributed by atoms with van der Waals surface area (Å²) >= 11 is 3.37. The van der Waals surface area contributed by atoms with Gasteiger partial charge < -0.3 is 15.2 Å². The zero-order chi connectivity index (χ0) is 15.8. The lowest BCUT2D eigenvalue weighted by atomic mass is 10.1. The summed E-state index contributed by atoms with van der Waals surface area (Å²) in [4.78, 5) is 11.7. The number of aromatic hydroxyl groups is 1. The molecule has 116 valence electrons. The van der Waals surface area contributed by atoms with Gasteiger partial charge in [-0.15, -0.1) is 0 Å². The molecule has 2 N–H and O–H groups in total. The van der Waals surface area contributed by atoms with Crippen LogP contribution in [0.5, 0.6) is 11.5 Å². The van der Waals surface area contributed by atoms with Gasteiger partial charge in [0.1, 0.15) is 18.1 Å². The molecule has 22 heavy (non-hydrogen) atoms. The molecule has 0 aliphatic carbocycles. The number of aryl methyl sites for hydroxylation is 1. The van der Waals surface area contributed by atoms with Crippen molar-refractivity contribution in [1.29, 1.82) is 0 Å². The lowest BCUT2D eigenvalue weighted by Crippen LogP contribution is -2.28. The van der Waals surface area contributed by atoms with E-state index in [1.807, 2.05) is 36.4 Å². The van der Waals surface area contributed by atoms with E-state index in [1.54, 1.807) is 12.1 Å². The summed E-state index contributed by atoms with van der Waals surface area (Å²) in [7, 11) is 0. The molecule has 2 aromatic rings. The molecule has 0 radical (unpaired) electrons. The number of benzene rings is 2. The molecule has 0 aromatic heterocycles. The van der Waals surface area contributed by atoms with Crippen molar-refractivity contribution in [3.05, 3.63) is 58.6 Å². The highest BCUT2D eigenvalue weighted by Crippen LogP contribution is 2.18. The van der Waals surface area contributed by atoms with E-state index >= 15 is 0 Å². The molecular weight excluding hydrogens is 346 g/mol. The first-order chi connectivity index (χ1) is 10.6. The SMILES string of the molecule is O=C(CCc1ccccc1O)NCCOc1cccc(Br)c1. The number of halogens is 1. The summed E-state index contributed by atoms with van der Waals surface area (Å²) in [5.74, 6) is 0.937. The molecule has 1 amide bonds. The molecular formula is C17H18BrNO3. The van der Waals surface area contributed by atoms with Gasteiger partial charge >= 0.3 is 0 Å². The molecule has 0 spiro atoms. The number of ether oxygens (including phenoxy) is 1. The highest BCUT2D eigenvalue weighted by molar-refractivity contribution is 9.10. The first-order valence-electron chi connectivity index (χ1n) is 7.07. The van der Waals surface area contributed by atoms with Crippen LogP contribution in [-0.4, -0.2) is 24.2 Å². The van der Waals surface area contributed by atoms with Crippen LogP contribution in [-0.2, 0) is 11.2 Å². The van der Waals surface area contributed by atoms with Gasteiger partial charge in [-0.1, -0.05) is 40.2 Å². The molecule has 0 heterocycles. The number of carbonyl (C=O) groups is 1. The maximum absolute atomic E-state index is 11.7. The summed E-state index contributed by atoms with van der Waals surface area (Å²) in [5, 5.41) is 12.4. The van der Waals surface area contributed by atoms with Crippen LogP contribution < -0.4 is 10.1 Å². The Kier molecular flexibility index (Phi) is 6.27. The second-order valence-electron chi connectivity index (χ2n) is 4.78. The first-order valence-corrected chi connectivity index (χ1v) is 7.86. The molecule has 0 saturated heterocycles. The number of phenols is 1. The number of nitrogens with one attached hydrogen (secondary N) is 1. The van der Waals surface area contributed by atoms with Gasteiger partial charge in [-0.3, -0.25) is 4.79 Å². The predicted molar refractivity (Wildman–Crippen MR) is 89.1 cm³/mol. The van der Waals surface area contributed by atoms with Crippen LogP contribution >= 0.6 is 15.9 Å². The molecule has 0 aliphatic heterocycles. The molecule has 0 fully saturated rings. The second kappa shape index (κ2) is 8.44. The fourth-order valence-corrected chi connectivity index (χ4v) is 2.35. The Morgan fingerprint density at radius 1 is 1.18 bits per heavy atom. The third-order valence-corrected chi connectivity index (χ3v) is 3.60. The van der Waals surface area contributed by atoms with Gasteiger partial charge in [-0.2, -0.15) is 0 Å². The monoisotopic (exact) mass is 363 g/mol. The fourth-order valence-electron chi connectivity index (χ4n) is 1.97. The van der Waals surface area contributed by atoms with E-state index in [0.29, 0.717) is 26.0 Å². The Hall–Kier alpha value is -2.01. The van der Waals surface area contributed by atoms with Crippen molar-refractivity contribution in [3.8, 4) is 11.5 Å². The van der Waals surface area contributed by atoms with Crippen molar-refractivity contribution < 1.29 is 14.6 Å². The summed E-state index contributed by atoms with van der Waals surface area (Å²) in [6.45, 7) is 0.866. The quantitative estimate of drug-likeness (QED) is 0.742. The van der Waals surface area contributed by atoms with E-state index in [9.17, 15) is 9.90 Å². The Labute approximate surface area is 138 Å². The molecule has 4 nitrogen and oxygen atoms in total. The van der Waals surface area contributed by atoms with Crippen molar-refractivity contribution in [3.63, 3.8) is 0 Å². The van der Waals surface area contributed by atoms with Crippen LogP contribution in [0.4, 0.5) is 0 Å². The molecule has 0 atom stereocenters. The molecule has 0 unspecified atom stereocenters. The van der Waals surface area contributed by atoms with Gasteiger partial charge in [0, 0.05) is 10.9 Å². The van der Waals surface area contributed by atoms with Crippen molar-refractivity contribution >= 4 is 21.8 Å². The average molecular weight is 364 g/mol. The first kappa shape index (κ1) is 16.4. The molecule has 0 bridgehead atoms. The van der Waals surface area contributed by atoms with Gasteiger partial charge in [0.25, 0.3) is 0 Å². The van der Waals surface area contributed by atoms with Gasteiger partial charge in [-0.25, -0.2) is 0 Å². The number of rotatable bonds is 7. The minimum atomic E-state index is -0.0545. The van der Waals surface area contributed by atoms with E-state index < -0.39 is 0 Å². The largest absolute Gasteiger partial charge is 0.508 e. The Morgan fingerprint density at radius 3 is 2.77 bits per heavy atom. The summed E-state index contributed by atoms with van der Waals surface area (Å²) in [6.07, 6.45) is 0.861. The van der Waals surface area contributed by atoms with Crippen molar-refractivity contribution in [1.82, 2.24) is 5.32 Å². The van der Waals surface area contributed by atoms with E-state index in [1.165, 1.54) is 0 Å². The fraction of sp³-hybridized carbons (Fsp3) is 0.235. The molecule has 2 aromatic carbocycles. The van der Waals surface area contributed by atoms with E-state index in [-0.39, 0.29) is 11.7 Å². The predicted octanol–water partition coefficient (Wildman–Crippen LogP) is 3.28. The summed E-state index contributed by atoms with van der Waals surface area (Å²) in [6, 6.07) is 14.6. The van der Waals surface area contributed by atoms with Gasteiger partial charge in [0.2, 0.25) is 5.91 Å². The van der Waals surface area contributed by atoms with Gasteiger partial charge in [0.15, 0.2) is 0 Å². The molecule has 2 rings (SSSR count). The maximum atomic E-state index is 11.7. The number of amides is 1. The lowest BCUT2D eigenvalue weighted by molar-refractivity contribution is -0.121. The van der Waals surface area contributed by atoms with Crippen molar-refractivity contribution in [2.75, 3.05) is 13.2 Å². The third-order valence-electron chi connectivity index (χ3n) is 3.10. The minimum Gasteiger partial charge on any atom is -0.508 e. The summed E-state index contributed by atoms with van der Waals surface area (Å²) < 4.78 is 6.49. The zero-order valence-corrected chi connectivity index (χ0v) is 13.7. The van der Waals surface area contributed by atoms with Gasteiger partial charge in [-0.05, 0) is 36.2 Å². The second-order valence-corrected chi connectivity index (χ2v) is 5.70. The number of hydrogen-bond acceptors (Lipinski definition) is 3. The zero-order valence-electron chi connectivity index (χ0n) is 12.1. The number of hydrogen-bond donors (Lipinski definition) is 2. The highest BCUT2D eigenvalue weighted by Gasteiger charge is 2.05. The van der Waals surface area contributed by atoms with Crippen LogP contribution in [0.1, 0.15) is 12.0 Å². The lowest BCUT2D eigenvalue weighted by Gasteiger charge is -2.08. The van der Waals surface area contributed by atoms with Gasteiger partial charge in [0.05, 0.1) is 6.54 Å². The third kappa shape index (κ3) is 5.41. The van der Waals surface area contributed by atoms with E-state index in [4.69, 9.17) is 4.74 Å². The Morgan fingerprint density at radius 2 is 2.00 bits per heavy atom. The Balaban J connectivity index is 1.65. The average Bonchev–Trinajstić information content (AvgIpc) is 2.51. The summed E-state index contributed by atoms with van der Waals surface area (Å²) in [5.41, 5.74) is 0.781. The van der Waals surface area contributed by atoms with Crippen LogP contribution in [0.15, 0.2) is 53.0 Å². The maximum Gasteiger partial charge on any atom is 0.220 e. The highest BCUT2D eigenvalue weighted by atomic mass is 79.9. The molecule has 0 aliphatic rings. The normalized spacial score (nSPS) is 10.2. The number of carbonyl (C=O) groups excluding carboxylic acids is 1. The molecule has 0 saturated carbocycles. The van der Waals surface area contributed by atoms with Crippen LogP contribution in [0, 0.1) is 0 Å². The number of phenolic OH excluding ortho intramolecular Hbond substituents is 1. The van der Waals surface area contributed by atoms with E-state index in [0.717, 1.165) is 15.8 Å². The van der Waals surface area contributed by atoms with Crippen LogP contribution in [0.2, 0.25) is 0 Å². The molecule has 5 heteroatoms. The van der Waals surface area contributed by atoms with E-state index in [2.05, 4.69) is 21.2 Å².